The molecule has 0 bridgehead atoms. The zero-order chi connectivity index (χ0) is 23.0. The molecule has 6 nitrogen and oxygen atoms in total. The number of alkyl halides is 3. The summed E-state index contributed by atoms with van der Waals surface area (Å²) in [7, 11) is 0. The molecule has 1 aromatic rings. The van der Waals surface area contributed by atoms with Crippen molar-refractivity contribution >= 4 is 29.6 Å². The first-order valence-electron chi connectivity index (χ1n) is 11.7. The third kappa shape index (κ3) is 3.38. The average molecular weight is 488 g/mol. The maximum Gasteiger partial charge on any atom is 0.319 e. The normalized spacial score (nSPS) is 34.9. The maximum absolute atomic E-state index is 15.0. The van der Waals surface area contributed by atoms with Crippen LogP contribution in [0.15, 0.2) is 0 Å². The Morgan fingerprint density at radius 2 is 2.03 bits per heavy atom. The van der Waals surface area contributed by atoms with Gasteiger partial charge in [-0.15, -0.1) is 0 Å². The fraction of sp³-hybridized carbons (Fsp3) is 0.727. The van der Waals surface area contributed by atoms with Gasteiger partial charge >= 0.3 is 6.01 Å². The zero-order valence-corrected chi connectivity index (χ0v) is 18.9. The number of aromatic nitrogens is 2. The highest BCUT2D eigenvalue weighted by Gasteiger charge is 2.71. The van der Waals surface area contributed by atoms with E-state index < -0.39 is 35.5 Å². The Bertz CT molecular complexity index is 1090. The van der Waals surface area contributed by atoms with Gasteiger partial charge < -0.3 is 9.64 Å². The molecule has 5 heterocycles. The van der Waals surface area contributed by atoms with Gasteiger partial charge in [0.15, 0.2) is 0 Å². The molecule has 0 aromatic carbocycles. The smallest absolute Gasteiger partial charge is 0.319 e. The molecule has 0 spiro atoms. The second-order valence-electron chi connectivity index (χ2n) is 9.91. The van der Waals surface area contributed by atoms with Crippen LogP contribution in [0, 0.1) is 5.92 Å². The summed E-state index contributed by atoms with van der Waals surface area (Å²) in [6, 6.07) is -1.05. The lowest BCUT2D eigenvalue weighted by atomic mass is 9.95. The Balaban J connectivity index is 1.39. The molecular formula is C22H26ClF4N5O. The first kappa shape index (κ1) is 21.7. The van der Waals surface area contributed by atoms with Crippen LogP contribution in [0.4, 0.5) is 23.4 Å². The lowest BCUT2D eigenvalue weighted by Gasteiger charge is -2.31. The van der Waals surface area contributed by atoms with E-state index in [1.807, 2.05) is 0 Å². The van der Waals surface area contributed by atoms with Crippen molar-refractivity contribution in [3.63, 3.8) is 0 Å². The summed E-state index contributed by atoms with van der Waals surface area (Å²) in [4.78, 5) is 12.5. The molecule has 4 fully saturated rings. The Kier molecular flexibility index (Phi) is 5.00. The van der Waals surface area contributed by atoms with E-state index in [4.69, 9.17) is 16.5 Å². The van der Waals surface area contributed by atoms with Crippen LogP contribution in [0.5, 0.6) is 6.01 Å². The van der Waals surface area contributed by atoms with Crippen molar-refractivity contribution in [1.29, 1.82) is 0 Å². The van der Waals surface area contributed by atoms with Crippen LogP contribution in [0.25, 0.3) is 12.0 Å². The average Bonchev–Trinajstić information content (AvgIpc) is 3.03. The molecule has 1 aromatic heterocycles. The summed E-state index contributed by atoms with van der Waals surface area (Å²) >= 11 is 5.97. The van der Waals surface area contributed by atoms with Gasteiger partial charge in [0.05, 0.1) is 18.0 Å². The van der Waals surface area contributed by atoms with Crippen LogP contribution in [-0.4, -0.2) is 75.7 Å². The number of nitrogens with zero attached hydrogens (tertiary/aromatic N) is 5. The molecule has 3 saturated heterocycles. The summed E-state index contributed by atoms with van der Waals surface area (Å²) in [5.41, 5.74) is -0.428. The van der Waals surface area contributed by atoms with Crippen molar-refractivity contribution < 1.29 is 22.3 Å². The molecule has 0 amide bonds. The van der Waals surface area contributed by atoms with Crippen molar-refractivity contribution in [2.24, 2.45) is 5.92 Å². The predicted molar refractivity (Wildman–Crippen MR) is 115 cm³/mol. The van der Waals surface area contributed by atoms with Crippen molar-refractivity contribution in [3.05, 3.63) is 10.6 Å². The highest BCUT2D eigenvalue weighted by atomic mass is 35.5. The topological polar surface area (TPSA) is 44.7 Å². The standard InChI is InChI=1S/C22H26ClF4N5O/c23-32-9-5-14-16(18(32)25)28-20(33-12-21-6-3-7-30(21)11-13(24)10-21)29-19(14)31-8-2-1-4-15-17(31)22(15,26)27/h5,13,15,17H,1-4,6-12H2/t13-,15?,17?,21+/m1/s1. The summed E-state index contributed by atoms with van der Waals surface area (Å²) in [6.07, 6.45) is 4.81. The summed E-state index contributed by atoms with van der Waals surface area (Å²) in [5, 5.41) is 0.307. The van der Waals surface area contributed by atoms with Gasteiger partial charge in [-0.05, 0) is 32.2 Å². The van der Waals surface area contributed by atoms with E-state index in [9.17, 15) is 17.6 Å². The van der Waals surface area contributed by atoms with E-state index >= 15 is 0 Å². The van der Waals surface area contributed by atoms with Crippen molar-refractivity contribution in [1.82, 2.24) is 19.3 Å². The zero-order valence-electron chi connectivity index (χ0n) is 18.1. The van der Waals surface area contributed by atoms with Crippen LogP contribution in [0.2, 0.25) is 0 Å². The van der Waals surface area contributed by atoms with E-state index in [1.54, 1.807) is 11.0 Å². The van der Waals surface area contributed by atoms with E-state index in [0.717, 1.165) is 30.2 Å². The van der Waals surface area contributed by atoms with Gasteiger partial charge in [0, 0.05) is 36.5 Å². The lowest BCUT2D eigenvalue weighted by Crippen LogP contribution is -2.46. The van der Waals surface area contributed by atoms with Crippen LogP contribution in [-0.2, 0) is 0 Å². The third-order valence-corrected chi connectivity index (χ3v) is 8.22. The number of hydrogen-bond acceptors (Lipinski definition) is 6. The number of ether oxygens (including phenoxy) is 1. The fourth-order valence-electron chi connectivity index (χ4n) is 6.25. The van der Waals surface area contributed by atoms with Crippen LogP contribution < -0.4 is 20.2 Å². The van der Waals surface area contributed by atoms with Gasteiger partial charge in [0.25, 0.3) is 5.92 Å². The maximum atomic E-state index is 15.0. The van der Waals surface area contributed by atoms with Crippen molar-refractivity contribution in [2.75, 3.05) is 37.7 Å². The number of fused-ring (bicyclic) bond motifs is 3. The Labute approximate surface area is 194 Å². The molecule has 2 unspecified atom stereocenters. The minimum Gasteiger partial charge on any atom is -0.461 e. The molecule has 4 aliphatic heterocycles. The lowest BCUT2D eigenvalue weighted by molar-refractivity contribution is 0.0886. The molecule has 0 radical (unpaired) electrons. The molecule has 1 aliphatic carbocycles. The first-order chi connectivity index (χ1) is 15.8. The van der Waals surface area contributed by atoms with E-state index in [1.165, 1.54) is 0 Å². The molecule has 4 atom stereocenters. The molecule has 5 aliphatic rings. The van der Waals surface area contributed by atoms with Crippen molar-refractivity contribution in [3.8, 4) is 6.01 Å². The second-order valence-corrected chi connectivity index (χ2v) is 10.3. The molecular weight excluding hydrogens is 462 g/mol. The van der Waals surface area contributed by atoms with Gasteiger partial charge in [-0.25, -0.2) is 13.2 Å². The van der Waals surface area contributed by atoms with Crippen LogP contribution in [0.3, 0.4) is 0 Å². The Hall–Kier alpha value is -1.81. The van der Waals surface area contributed by atoms with Crippen molar-refractivity contribution in [2.45, 2.75) is 62.2 Å². The number of hydrogen-bond donors (Lipinski definition) is 0. The largest absolute Gasteiger partial charge is 0.461 e. The van der Waals surface area contributed by atoms with E-state index in [0.29, 0.717) is 37.6 Å². The molecule has 11 heteroatoms. The first-order valence-corrected chi connectivity index (χ1v) is 12.0. The van der Waals surface area contributed by atoms with Gasteiger partial charge in [-0.2, -0.15) is 14.4 Å². The second kappa shape index (κ2) is 7.60. The third-order valence-electron chi connectivity index (χ3n) is 7.93. The van der Waals surface area contributed by atoms with Gasteiger partial charge in [0.1, 0.15) is 30.0 Å². The summed E-state index contributed by atoms with van der Waals surface area (Å²) < 4.78 is 65.0. The number of rotatable bonds is 4. The number of anilines is 1. The molecule has 33 heavy (non-hydrogen) atoms. The minimum absolute atomic E-state index is 0.0587. The van der Waals surface area contributed by atoms with E-state index in [2.05, 4.69) is 14.9 Å². The summed E-state index contributed by atoms with van der Waals surface area (Å²) in [5.74, 6) is -4.01. The molecule has 180 valence electrons. The molecule has 1 saturated carbocycles. The van der Waals surface area contributed by atoms with Gasteiger partial charge in [-0.1, -0.05) is 12.5 Å². The van der Waals surface area contributed by atoms with E-state index in [-0.39, 0.29) is 30.3 Å². The minimum atomic E-state index is -2.79. The molecule has 0 N–H and O–H groups in total. The monoisotopic (exact) mass is 487 g/mol. The predicted octanol–water partition coefficient (Wildman–Crippen LogP) is 2.34. The van der Waals surface area contributed by atoms with Crippen LogP contribution in [0.1, 0.15) is 38.5 Å². The highest BCUT2D eigenvalue weighted by Crippen LogP contribution is 2.56. The van der Waals surface area contributed by atoms with Gasteiger partial charge in [0.2, 0.25) is 5.95 Å². The summed E-state index contributed by atoms with van der Waals surface area (Å²) in [6.45, 7) is 1.84. The SMILES string of the molecule is FC1=c2nc(OC[C@@]34CCCN3C[C@H](F)C4)nc(N3CCCCC4C3C4(F)F)c2=CCN1Cl. The fourth-order valence-corrected chi connectivity index (χ4v) is 6.40. The van der Waals surface area contributed by atoms with Crippen LogP contribution >= 0.6 is 11.8 Å². The molecule has 6 rings (SSSR count). The Morgan fingerprint density at radius 3 is 2.88 bits per heavy atom. The quantitative estimate of drug-likeness (QED) is 0.369. The van der Waals surface area contributed by atoms with Gasteiger partial charge in [-0.3, -0.25) is 9.32 Å². The Morgan fingerprint density at radius 1 is 1.18 bits per heavy atom. The number of halogens is 5. The highest BCUT2D eigenvalue weighted by molar-refractivity contribution is 6.16.